The third-order valence-electron chi connectivity index (χ3n) is 5.48. The number of aromatic nitrogens is 3. The fraction of sp³-hybridized carbons (Fsp3) is 0.261. The molecule has 1 saturated carbocycles. The largest absolute Gasteiger partial charge is 0.481 e. The van der Waals surface area contributed by atoms with Gasteiger partial charge in [0, 0.05) is 0 Å². The summed E-state index contributed by atoms with van der Waals surface area (Å²) in [4.78, 5) is 34.2. The maximum Gasteiger partial charge on any atom is 0.412 e. The van der Waals surface area contributed by atoms with E-state index in [1.807, 2.05) is 30.3 Å². The molecule has 0 spiro atoms. The highest BCUT2D eigenvalue weighted by Crippen LogP contribution is 2.50. The number of nitrogens with zero attached hydrogens (tertiary/aromatic N) is 3. The molecule has 0 saturated heterocycles. The second kappa shape index (κ2) is 8.55. The lowest BCUT2D eigenvalue weighted by molar-refractivity contribution is -0.140. The number of hydrogen-bond acceptors (Lipinski definition) is 9. The molecule has 1 atom stereocenters. The predicted octanol–water partition coefficient (Wildman–Crippen LogP) is 4.87. The Kier molecular flexibility index (Phi) is 5.55. The van der Waals surface area contributed by atoms with Gasteiger partial charge in [-0.2, -0.15) is 0 Å². The summed E-state index contributed by atoms with van der Waals surface area (Å²) < 4.78 is 10.6. The molecule has 0 aliphatic heterocycles. The molecule has 11 heteroatoms. The molecule has 172 valence electrons. The van der Waals surface area contributed by atoms with Crippen molar-refractivity contribution in [2.45, 2.75) is 38.2 Å². The number of ether oxygens (including phenoxy) is 1. The lowest BCUT2D eigenvalue weighted by Gasteiger charge is -2.13. The van der Waals surface area contributed by atoms with Gasteiger partial charge in [0.1, 0.15) is 22.2 Å². The summed E-state index contributed by atoms with van der Waals surface area (Å²) in [7, 11) is 0. The summed E-state index contributed by atoms with van der Waals surface area (Å²) in [6.07, 6.45) is 0.116. The summed E-state index contributed by atoms with van der Waals surface area (Å²) in [6.45, 7) is 3.45. The van der Waals surface area contributed by atoms with Crippen molar-refractivity contribution in [3.63, 3.8) is 0 Å². The minimum Gasteiger partial charge on any atom is -0.481 e. The van der Waals surface area contributed by atoms with Crippen LogP contribution in [0.15, 0.2) is 34.9 Å². The lowest BCUT2D eigenvalue weighted by Crippen LogP contribution is -2.18. The molecule has 0 bridgehead atoms. The van der Waals surface area contributed by atoms with Crippen LogP contribution in [0.2, 0.25) is 0 Å². The van der Waals surface area contributed by atoms with Crippen LogP contribution in [0.4, 0.5) is 10.5 Å². The average Bonchev–Trinajstić information content (AvgIpc) is 3.26. The molecule has 3 aromatic heterocycles. The van der Waals surface area contributed by atoms with Crippen molar-refractivity contribution in [3.05, 3.63) is 57.4 Å². The molecule has 34 heavy (non-hydrogen) atoms. The number of aryl methyl sites for hydroxylation is 1. The second-order valence-corrected chi connectivity index (χ2v) is 9.79. The highest BCUT2D eigenvalue weighted by Gasteiger charge is 2.54. The third kappa shape index (κ3) is 4.13. The summed E-state index contributed by atoms with van der Waals surface area (Å²) >= 11 is 2.57. The summed E-state index contributed by atoms with van der Waals surface area (Å²) in [6, 6.07) is 9.40. The van der Waals surface area contributed by atoms with Crippen molar-refractivity contribution in [2.24, 2.45) is 0 Å². The van der Waals surface area contributed by atoms with Gasteiger partial charge in [-0.3, -0.25) is 10.1 Å². The van der Waals surface area contributed by atoms with Gasteiger partial charge in [-0.15, -0.1) is 0 Å². The third-order valence-corrected chi connectivity index (χ3v) is 7.62. The van der Waals surface area contributed by atoms with Crippen molar-refractivity contribution in [1.82, 2.24) is 15.1 Å². The average molecular weight is 495 g/mol. The van der Waals surface area contributed by atoms with E-state index in [0.29, 0.717) is 44.0 Å². The monoisotopic (exact) mass is 494 g/mol. The Balaban J connectivity index is 1.30. The first kappa shape index (κ1) is 22.1. The summed E-state index contributed by atoms with van der Waals surface area (Å²) in [5.74, 6) is 5.34. The number of thiazole rings is 2. The van der Waals surface area contributed by atoms with Crippen molar-refractivity contribution in [3.8, 4) is 11.8 Å². The van der Waals surface area contributed by atoms with Crippen molar-refractivity contribution in [1.29, 1.82) is 0 Å². The Bertz CT molecular complexity index is 1430. The zero-order valence-corrected chi connectivity index (χ0v) is 19.7. The Morgan fingerprint density at radius 1 is 1.18 bits per heavy atom. The highest BCUT2D eigenvalue weighted by atomic mass is 32.1. The standard InChI is InChI=1S/C23H18N4O5S2/c1-12(14-6-4-3-5-7-14)31-22(30)25-17-13(2)32-27-15(17)8-9-16-24-18-19(33-16)26-20(34-18)23(10-11-23)21(28)29/h3-7,12H,10-11H2,1-2H3,(H,25,30)(H,28,29). The van der Waals surface area contributed by atoms with Crippen molar-refractivity contribution < 1.29 is 24.0 Å². The number of carbonyl (C=O) groups excluding carboxylic acids is 1. The number of hydrogen-bond donors (Lipinski definition) is 2. The van der Waals surface area contributed by atoms with Gasteiger partial charge in [0.25, 0.3) is 0 Å². The minimum atomic E-state index is -0.845. The van der Waals surface area contributed by atoms with E-state index < -0.39 is 23.6 Å². The molecule has 1 fully saturated rings. The van der Waals surface area contributed by atoms with Gasteiger partial charge in [-0.1, -0.05) is 58.2 Å². The molecule has 1 aliphatic carbocycles. The first-order valence-corrected chi connectivity index (χ1v) is 12.0. The van der Waals surface area contributed by atoms with Gasteiger partial charge in [0.2, 0.25) is 0 Å². The fourth-order valence-electron chi connectivity index (χ4n) is 3.35. The molecule has 4 aromatic rings. The number of aliphatic carboxylic acids is 1. The number of carboxylic acids is 1. The van der Waals surface area contributed by atoms with E-state index in [4.69, 9.17) is 9.26 Å². The molecule has 5 rings (SSSR count). The Morgan fingerprint density at radius 3 is 2.59 bits per heavy atom. The van der Waals surface area contributed by atoms with Gasteiger partial charge in [-0.25, -0.2) is 14.8 Å². The van der Waals surface area contributed by atoms with Crippen LogP contribution in [-0.2, 0) is 14.9 Å². The highest BCUT2D eigenvalue weighted by molar-refractivity contribution is 7.26. The van der Waals surface area contributed by atoms with Crippen LogP contribution in [0, 0.1) is 18.8 Å². The Labute approximate surface area is 201 Å². The van der Waals surface area contributed by atoms with Gasteiger partial charge < -0.3 is 14.4 Å². The molecule has 1 unspecified atom stereocenters. The van der Waals surface area contributed by atoms with Crippen LogP contribution in [-0.4, -0.2) is 32.3 Å². The van der Waals surface area contributed by atoms with E-state index in [1.54, 1.807) is 13.8 Å². The molecule has 3 heterocycles. The topological polar surface area (TPSA) is 127 Å². The van der Waals surface area contributed by atoms with Crippen LogP contribution >= 0.6 is 22.7 Å². The van der Waals surface area contributed by atoms with Crippen molar-refractivity contribution in [2.75, 3.05) is 5.32 Å². The quantitative estimate of drug-likeness (QED) is 0.376. The van der Waals surface area contributed by atoms with Gasteiger partial charge in [-0.05, 0) is 44.1 Å². The second-order valence-electron chi connectivity index (χ2n) is 7.83. The Morgan fingerprint density at radius 2 is 1.91 bits per heavy atom. The SMILES string of the molecule is Cc1onc(C#Cc2nc3sc(C4(C(=O)O)CC4)nc3s2)c1NC(=O)OC(C)c1ccccc1. The number of carbonyl (C=O) groups is 2. The van der Waals surface area contributed by atoms with E-state index in [9.17, 15) is 14.7 Å². The molecule has 0 radical (unpaired) electrons. The number of fused-ring (bicyclic) bond motifs is 1. The molecule has 1 aromatic carbocycles. The maximum absolute atomic E-state index is 12.4. The van der Waals surface area contributed by atoms with E-state index in [1.165, 1.54) is 22.7 Å². The fourth-order valence-corrected chi connectivity index (χ4v) is 5.48. The molecule has 1 amide bonds. The van der Waals surface area contributed by atoms with E-state index in [-0.39, 0.29) is 5.69 Å². The van der Waals surface area contributed by atoms with Gasteiger partial charge >= 0.3 is 12.1 Å². The molecule has 1 aliphatic rings. The zero-order valence-electron chi connectivity index (χ0n) is 18.1. The van der Waals surface area contributed by atoms with Crippen LogP contribution < -0.4 is 5.32 Å². The summed E-state index contributed by atoms with van der Waals surface area (Å²) in [5.41, 5.74) is 0.601. The van der Waals surface area contributed by atoms with Crippen molar-refractivity contribution >= 4 is 50.1 Å². The molecular weight excluding hydrogens is 476 g/mol. The van der Waals surface area contributed by atoms with Gasteiger partial charge in [0.15, 0.2) is 26.1 Å². The molecular formula is C23H18N4O5S2. The Hall–Kier alpha value is -3.75. The number of benzene rings is 1. The predicted molar refractivity (Wildman–Crippen MR) is 126 cm³/mol. The van der Waals surface area contributed by atoms with Crippen LogP contribution in [0.5, 0.6) is 0 Å². The van der Waals surface area contributed by atoms with E-state index >= 15 is 0 Å². The molecule has 2 N–H and O–H groups in total. The van der Waals surface area contributed by atoms with Crippen LogP contribution in [0.1, 0.15) is 52.9 Å². The van der Waals surface area contributed by atoms with Crippen LogP contribution in [0.25, 0.3) is 9.66 Å². The number of rotatable bonds is 5. The number of anilines is 1. The van der Waals surface area contributed by atoms with E-state index in [2.05, 4.69) is 32.3 Å². The number of nitrogens with one attached hydrogen (secondary N) is 1. The minimum absolute atomic E-state index is 0.247. The maximum atomic E-state index is 12.4. The first-order valence-electron chi connectivity index (χ1n) is 10.4. The molecule has 9 nitrogen and oxygen atoms in total. The summed E-state index contributed by atoms with van der Waals surface area (Å²) in [5, 5.41) is 17.1. The lowest BCUT2D eigenvalue weighted by atomic mass is 10.1. The zero-order chi connectivity index (χ0) is 23.9. The normalized spacial score (nSPS) is 14.8. The number of carboxylic acid groups (broad SMARTS) is 1. The number of amides is 1. The first-order chi connectivity index (χ1) is 16.4. The van der Waals surface area contributed by atoms with E-state index in [0.717, 1.165) is 5.56 Å². The smallest absolute Gasteiger partial charge is 0.412 e. The van der Waals surface area contributed by atoms with Crippen LogP contribution in [0.3, 0.4) is 0 Å². The van der Waals surface area contributed by atoms with Gasteiger partial charge in [0.05, 0.1) is 0 Å².